The molecule has 1 N–H and O–H groups in total. The summed E-state index contributed by atoms with van der Waals surface area (Å²) in [6.45, 7) is 9.71. The van der Waals surface area contributed by atoms with E-state index in [1.165, 1.54) is 0 Å². The zero-order chi connectivity index (χ0) is 21.1. The van der Waals surface area contributed by atoms with E-state index in [4.69, 9.17) is 19.5 Å². The van der Waals surface area contributed by atoms with E-state index in [-0.39, 0.29) is 24.1 Å². The molecule has 7 heteroatoms. The maximum absolute atomic E-state index is 12.1. The summed E-state index contributed by atoms with van der Waals surface area (Å²) in [6.07, 6.45) is 12.2. The minimum Gasteiger partial charge on any atom is -0.465 e. The van der Waals surface area contributed by atoms with E-state index in [9.17, 15) is 4.79 Å². The summed E-state index contributed by atoms with van der Waals surface area (Å²) in [6, 6.07) is 0. The molecular formula is C22H31NO6. The van der Waals surface area contributed by atoms with Gasteiger partial charge in [-0.05, 0) is 75.6 Å². The second-order valence-corrected chi connectivity index (χ2v) is 8.91. The maximum Gasteiger partial charge on any atom is 0.311 e. The van der Waals surface area contributed by atoms with Crippen LogP contribution in [0.25, 0.3) is 0 Å². The van der Waals surface area contributed by atoms with Gasteiger partial charge in [0.25, 0.3) is 0 Å². The van der Waals surface area contributed by atoms with Crippen LogP contribution >= 0.6 is 0 Å². The molecule has 2 aliphatic carbocycles. The molecule has 7 nitrogen and oxygen atoms in total. The van der Waals surface area contributed by atoms with Crippen molar-refractivity contribution < 1.29 is 29.3 Å². The molecule has 1 aliphatic heterocycles. The number of hydrogen-bond acceptors (Lipinski definition) is 7. The molecule has 0 aromatic carbocycles. The van der Waals surface area contributed by atoms with Crippen molar-refractivity contribution in [1.82, 2.24) is 0 Å². The van der Waals surface area contributed by atoms with Gasteiger partial charge in [-0.3, -0.25) is 4.79 Å². The molecular weight excluding hydrogens is 374 g/mol. The first-order valence-corrected chi connectivity index (χ1v) is 10.2. The Bertz CT molecular complexity index is 707. The number of esters is 1. The number of ether oxygens (including phenoxy) is 3. The largest absolute Gasteiger partial charge is 0.465 e. The Balaban J connectivity index is 1.72. The van der Waals surface area contributed by atoms with Crippen LogP contribution in [0.5, 0.6) is 0 Å². The lowest BCUT2D eigenvalue weighted by atomic mass is 9.96. The van der Waals surface area contributed by atoms with Crippen molar-refractivity contribution in [3.63, 3.8) is 0 Å². The summed E-state index contributed by atoms with van der Waals surface area (Å²) >= 11 is 0. The molecule has 5 atom stereocenters. The number of hydrogen-bond donors (Lipinski definition) is 1. The van der Waals surface area contributed by atoms with Crippen molar-refractivity contribution in [2.24, 2.45) is 22.4 Å². The van der Waals surface area contributed by atoms with Crippen LogP contribution in [0.1, 0.15) is 46.5 Å². The molecule has 29 heavy (non-hydrogen) atoms. The number of fused-ring (bicyclic) bond motifs is 1. The van der Waals surface area contributed by atoms with Crippen molar-refractivity contribution >= 4 is 11.7 Å². The number of allylic oxidation sites excluding steroid dienone is 3. The van der Waals surface area contributed by atoms with E-state index in [2.05, 4.69) is 16.7 Å². The molecule has 3 aliphatic rings. The second-order valence-electron chi connectivity index (χ2n) is 8.91. The highest BCUT2D eigenvalue weighted by molar-refractivity contribution is 6.03. The second kappa shape index (κ2) is 8.81. The topological polar surface area (TPSA) is 86.6 Å². The highest BCUT2D eigenvalue weighted by Gasteiger charge is 2.58. The molecule has 0 radical (unpaired) electrons. The van der Waals surface area contributed by atoms with E-state index in [1.807, 2.05) is 32.9 Å². The molecule has 2 fully saturated rings. The fraction of sp³-hybridized carbons (Fsp3) is 0.636. The van der Waals surface area contributed by atoms with Crippen molar-refractivity contribution in [1.29, 1.82) is 0 Å². The van der Waals surface area contributed by atoms with Crippen LogP contribution in [-0.2, 0) is 24.0 Å². The molecule has 1 unspecified atom stereocenters. The van der Waals surface area contributed by atoms with Crippen molar-refractivity contribution in [2.75, 3.05) is 6.61 Å². The summed E-state index contributed by atoms with van der Waals surface area (Å²) in [4.78, 5) is 16.1. The Hall–Kier alpha value is -1.96. The normalized spacial score (nSPS) is 34.6. The molecule has 3 rings (SSSR count). The summed E-state index contributed by atoms with van der Waals surface area (Å²) in [5.41, 5.74) is -0.159. The van der Waals surface area contributed by atoms with Gasteiger partial charge in [-0.15, -0.1) is 6.58 Å². The van der Waals surface area contributed by atoms with Crippen LogP contribution in [0.3, 0.4) is 0 Å². The first-order valence-electron chi connectivity index (χ1n) is 10.2. The minimum atomic E-state index is -1.17. The van der Waals surface area contributed by atoms with Crippen molar-refractivity contribution in [3.05, 3.63) is 37.0 Å². The van der Waals surface area contributed by atoms with Gasteiger partial charge in [-0.1, -0.05) is 18.2 Å². The lowest BCUT2D eigenvalue weighted by Gasteiger charge is -2.29. The van der Waals surface area contributed by atoms with Gasteiger partial charge in [0, 0.05) is 0 Å². The van der Waals surface area contributed by atoms with Gasteiger partial charge in [0.2, 0.25) is 5.79 Å². The quantitative estimate of drug-likeness (QED) is 0.298. The van der Waals surface area contributed by atoms with Crippen molar-refractivity contribution in [2.45, 2.75) is 64.4 Å². The summed E-state index contributed by atoms with van der Waals surface area (Å²) in [7, 11) is 0. The zero-order valence-corrected chi connectivity index (χ0v) is 17.4. The fourth-order valence-electron chi connectivity index (χ4n) is 4.24. The van der Waals surface area contributed by atoms with Crippen LogP contribution in [-0.4, -0.2) is 41.5 Å². The Morgan fingerprint density at radius 3 is 2.62 bits per heavy atom. The highest BCUT2D eigenvalue weighted by Crippen LogP contribution is 2.49. The van der Waals surface area contributed by atoms with Gasteiger partial charge in [0.1, 0.15) is 5.71 Å². The first kappa shape index (κ1) is 21.7. The predicted octanol–water partition coefficient (Wildman–Crippen LogP) is 4.02. The molecule has 0 amide bonds. The van der Waals surface area contributed by atoms with Crippen LogP contribution in [0.4, 0.5) is 0 Å². The van der Waals surface area contributed by atoms with Gasteiger partial charge in [-0.25, -0.2) is 4.99 Å². The van der Waals surface area contributed by atoms with Gasteiger partial charge in [-0.2, -0.15) is 5.26 Å². The molecule has 0 aromatic rings. The van der Waals surface area contributed by atoms with E-state index in [1.54, 1.807) is 18.2 Å². The third-order valence-electron chi connectivity index (χ3n) is 5.73. The lowest BCUT2D eigenvalue weighted by molar-refractivity contribution is -0.245. The van der Waals surface area contributed by atoms with E-state index >= 15 is 0 Å². The number of rotatable bonds is 7. The van der Waals surface area contributed by atoms with Crippen LogP contribution in [0, 0.1) is 17.3 Å². The zero-order valence-electron chi connectivity index (χ0n) is 17.4. The highest BCUT2D eigenvalue weighted by atomic mass is 17.2. The number of nitrogens with zero attached hydrogens (tertiary/aromatic N) is 1. The van der Waals surface area contributed by atoms with Crippen molar-refractivity contribution in [3.8, 4) is 0 Å². The number of oxime groups is 1. The van der Waals surface area contributed by atoms with Gasteiger partial charge < -0.3 is 14.2 Å². The average molecular weight is 405 g/mol. The third kappa shape index (κ3) is 4.63. The Kier molecular flexibility index (Phi) is 6.61. The number of carbonyl (C=O) groups is 1. The van der Waals surface area contributed by atoms with Gasteiger partial charge in [0.05, 0.1) is 24.2 Å². The molecule has 1 heterocycles. The molecule has 1 spiro atoms. The van der Waals surface area contributed by atoms with Crippen LogP contribution < -0.4 is 0 Å². The van der Waals surface area contributed by atoms with E-state index in [0.717, 1.165) is 19.3 Å². The average Bonchev–Trinajstić information content (AvgIpc) is 3.18. The molecule has 0 aromatic heterocycles. The lowest BCUT2D eigenvalue weighted by Crippen LogP contribution is -2.40. The Morgan fingerprint density at radius 2 is 2.00 bits per heavy atom. The molecule has 1 saturated heterocycles. The standard InChI is InChI=1S/C22H31NO6/c1-5-6-9-15-14-16(11-13-26-20(24)21(2,3)4)19-18(15)27-22(28-19)12-8-7-10-17(22)23-29-25/h5,7-8,10,12,15-16,18-19,25H,1,6,9,11,13-14H2,2-4H3/t15-,16-,18-,19+,22?/m0/s1. The summed E-state index contributed by atoms with van der Waals surface area (Å²) < 4.78 is 18.2. The van der Waals surface area contributed by atoms with Gasteiger partial charge in [0.15, 0.2) is 0 Å². The van der Waals surface area contributed by atoms with Gasteiger partial charge >= 0.3 is 5.97 Å². The van der Waals surface area contributed by atoms with E-state index in [0.29, 0.717) is 24.7 Å². The minimum absolute atomic E-state index is 0.113. The monoisotopic (exact) mass is 405 g/mol. The smallest absolute Gasteiger partial charge is 0.311 e. The molecule has 160 valence electrons. The summed E-state index contributed by atoms with van der Waals surface area (Å²) in [5, 5.41) is 12.5. The third-order valence-corrected chi connectivity index (χ3v) is 5.73. The Labute approximate surface area is 172 Å². The summed E-state index contributed by atoms with van der Waals surface area (Å²) in [5.74, 6) is -0.876. The first-order chi connectivity index (χ1) is 13.8. The van der Waals surface area contributed by atoms with Crippen LogP contribution in [0.15, 0.2) is 42.1 Å². The Morgan fingerprint density at radius 1 is 1.31 bits per heavy atom. The maximum atomic E-state index is 12.1. The SMILES string of the molecule is C=CCC[C@H]1C[C@H](CCOC(=O)C(C)(C)C)[C@H]2OC3(C=CC=CC3=NOO)O[C@@H]12. The predicted molar refractivity (Wildman–Crippen MR) is 108 cm³/mol. The molecule has 1 saturated carbocycles. The van der Waals surface area contributed by atoms with E-state index < -0.39 is 11.2 Å². The fourth-order valence-corrected chi connectivity index (χ4v) is 4.24. The van der Waals surface area contributed by atoms with Crippen LogP contribution in [0.2, 0.25) is 0 Å². The molecule has 0 bridgehead atoms. The number of carbonyl (C=O) groups excluding carboxylic acids is 1.